The first kappa shape index (κ1) is 20.3. The number of rotatable bonds is 7. The first-order chi connectivity index (χ1) is 14.6. The van der Waals surface area contributed by atoms with Gasteiger partial charge in [-0.3, -0.25) is 9.69 Å². The quantitative estimate of drug-likeness (QED) is 0.615. The van der Waals surface area contributed by atoms with Gasteiger partial charge in [-0.05, 0) is 61.1 Å². The number of benzene rings is 2. The van der Waals surface area contributed by atoms with Gasteiger partial charge in [-0.2, -0.15) is 0 Å². The van der Waals surface area contributed by atoms with E-state index in [4.69, 9.17) is 25.5 Å². The zero-order chi connectivity index (χ0) is 20.9. The largest absolute Gasteiger partial charge is 0.486 e. The van der Waals surface area contributed by atoms with Crippen LogP contribution in [0.4, 0.5) is 0 Å². The highest BCUT2D eigenvalue weighted by molar-refractivity contribution is 6.30. The lowest BCUT2D eigenvalue weighted by atomic mass is 10.2. The molecule has 30 heavy (non-hydrogen) atoms. The number of hydrogen-bond donors (Lipinski definition) is 1. The van der Waals surface area contributed by atoms with Gasteiger partial charge in [0.15, 0.2) is 11.5 Å². The van der Waals surface area contributed by atoms with E-state index in [2.05, 4.69) is 5.32 Å². The van der Waals surface area contributed by atoms with Crippen LogP contribution in [0.5, 0.6) is 11.5 Å². The van der Waals surface area contributed by atoms with Crippen molar-refractivity contribution in [3.8, 4) is 22.8 Å². The number of hydrogen-bond acceptors (Lipinski definition) is 5. The van der Waals surface area contributed by atoms with E-state index in [0.717, 1.165) is 28.4 Å². The minimum absolute atomic E-state index is 0.0699. The van der Waals surface area contributed by atoms with E-state index >= 15 is 0 Å². The molecule has 1 aliphatic rings. The smallest absolute Gasteiger partial charge is 0.234 e. The topological polar surface area (TPSA) is 63.9 Å². The molecule has 7 heteroatoms. The van der Waals surface area contributed by atoms with Crippen LogP contribution in [-0.4, -0.2) is 37.6 Å². The molecule has 0 radical (unpaired) electrons. The monoisotopic (exact) mass is 426 g/mol. The lowest BCUT2D eigenvalue weighted by Crippen LogP contribution is -2.34. The van der Waals surface area contributed by atoms with Crippen LogP contribution >= 0.6 is 11.6 Å². The molecule has 1 N–H and O–H groups in total. The zero-order valence-corrected chi connectivity index (χ0v) is 17.4. The highest BCUT2D eigenvalue weighted by Gasteiger charge is 2.14. The summed E-state index contributed by atoms with van der Waals surface area (Å²) in [7, 11) is 1.90. The lowest BCUT2D eigenvalue weighted by molar-refractivity contribution is -0.122. The van der Waals surface area contributed by atoms with Gasteiger partial charge in [0.05, 0.1) is 13.1 Å². The van der Waals surface area contributed by atoms with Crippen molar-refractivity contribution in [2.24, 2.45) is 0 Å². The van der Waals surface area contributed by atoms with E-state index in [1.807, 2.05) is 66.5 Å². The second-order valence-electron chi connectivity index (χ2n) is 7.20. The van der Waals surface area contributed by atoms with E-state index in [1.165, 1.54) is 0 Å². The summed E-state index contributed by atoms with van der Waals surface area (Å²) in [5, 5.41) is 3.58. The molecule has 3 aromatic rings. The van der Waals surface area contributed by atoms with Gasteiger partial charge in [0.25, 0.3) is 0 Å². The van der Waals surface area contributed by atoms with Gasteiger partial charge in [0.2, 0.25) is 5.91 Å². The number of fused-ring (bicyclic) bond motifs is 1. The van der Waals surface area contributed by atoms with Crippen LogP contribution in [0.25, 0.3) is 11.3 Å². The number of likely N-dealkylation sites (N-methyl/N-ethyl adjacent to an activating group) is 1. The van der Waals surface area contributed by atoms with Gasteiger partial charge in [0.1, 0.15) is 24.7 Å². The third-order valence-electron chi connectivity index (χ3n) is 4.72. The van der Waals surface area contributed by atoms with E-state index in [-0.39, 0.29) is 12.5 Å². The molecule has 2 aromatic carbocycles. The van der Waals surface area contributed by atoms with E-state index in [1.54, 1.807) is 0 Å². The van der Waals surface area contributed by atoms with E-state index in [9.17, 15) is 4.79 Å². The molecule has 2 heterocycles. The predicted octanol–water partition coefficient (Wildman–Crippen LogP) is 4.12. The van der Waals surface area contributed by atoms with Crippen molar-refractivity contribution in [3.05, 3.63) is 70.9 Å². The van der Waals surface area contributed by atoms with Crippen molar-refractivity contribution >= 4 is 17.5 Å². The van der Waals surface area contributed by atoms with Gasteiger partial charge < -0.3 is 19.2 Å². The summed E-state index contributed by atoms with van der Waals surface area (Å²) in [5.41, 5.74) is 2.00. The molecule has 0 unspecified atom stereocenters. The number of nitrogens with one attached hydrogen (secondary N) is 1. The number of carbonyl (C=O) groups is 1. The number of ether oxygens (including phenoxy) is 2. The molecule has 156 valence electrons. The van der Waals surface area contributed by atoms with Crippen LogP contribution in [0.3, 0.4) is 0 Å². The van der Waals surface area contributed by atoms with Crippen molar-refractivity contribution in [1.29, 1.82) is 0 Å². The summed E-state index contributed by atoms with van der Waals surface area (Å²) in [5.74, 6) is 2.89. The highest BCUT2D eigenvalue weighted by atomic mass is 35.5. The van der Waals surface area contributed by atoms with Gasteiger partial charge >= 0.3 is 0 Å². The second-order valence-corrected chi connectivity index (χ2v) is 7.64. The van der Waals surface area contributed by atoms with Crippen LogP contribution in [0.2, 0.25) is 5.02 Å². The summed E-state index contributed by atoms with van der Waals surface area (Å²) in [6.07, 6.45) is 0. The third-order valence-corrected chi connectivity index (χ3v) is 4.97. The van der Waals surface area contributed by atoms with Crippen LogP contribution in [-0.2, 0) is 17.9 Å². The molecular formula is C23H23ClN2O4. The summed E-state index contributed by atoms with van der Waals surface area (Å²) >= 11 is 5.92. The molecule has 0 saturated carbocycles. The fourth-order valence-corrected chi connectivity index (χ4v) is 3.41. The molecule has 0 aliphatic carbocycles. The minimum Gasteiger partial charge on any atom is -0.486 e. The van der Waals surface area contributed by atoms with Crippen molar-refractivity contribution in [3.63, 3.8) is 0 Å². The SMILES string of the molecule is CN(CC(=O)NCc1ccc(-c2ccc(Cl)cc2)o1)Cc1ccc2c(c1)OCCO2. The second kappa shape index (κ2) is 9.24. The molecule has 0 bridgehead atoms. The summed E-state index contributed by atoms with van der Waals surface area (Å²) in [6.45, 7) is 2.37. The normalized spacial score (nSPS) is 12.8. The molecule has 6 nitrogen and oxygen atoms in total. The number of halogens is 1. The number of carbonyl (C=O) groups excluding carboxylic acids is 1. The molecule has 1 aromatic heterocycles. The zero-order valence-electron chi connectivity index (χ0n) is 16.7. The highest BCUT2D eigenvalue weighted by Crippen LogP contribution is 2.31. The molecule has 0 atom stereocenters. The van der Waals surface area contributed by atoms with Crippen molar-refractivity contribution in [2.45, 2.75) is 13.1 Å². The fraction of sp³-hybridized carbons (Fsp3) is 0.261. The Morgan fingerprint density at radius 3 is 2.60 bits per heavy atom. The molecular weight excluding hydrogens is 404 g/mol. The Balaban J connectivity index is 1.26. The predicted molar refractivity (Wildman–Crippen MR) is 115 cm³/mol. The average molecular weight is 427 g/mol. The molecule has 0 fully saturated rings. The van der Waals surface area contributed by atoms with E-state index < -0.39 is 0 Å². The van der Waals surface area contributed by atoms with Gasteiger partial charge in [-0.15, -0.1) is 0 Å². The van der Waals surface area contributed by atoms with Crippen molar-refractivity contribution < 1.29 is 18.7 Å². The fourth-order valence-electron chi connectivity index (χ4n) is 3.28. The van der Waals surface area contributed by atoms with Crippen LogP contribution < -0.4 is 14.8 Å². The maximum absolute atomic E-state index is 12.3. The van der Waals surface area contributed by atoms with Crippen molar-refractivity contribution in [2.75, 3.05) is 26.8 Å². The third kappa shape index (κ3) is 5.14. The molecule has 0 saturated heterocycles. The van der Waals surface area contributed by atoms with Gasteiger partial charge in [0, 0.05) is 17.1 Å². The Morgan fingerprint density at radius 2 is 1.80 bits per heavy atom. The summed E-state index contributed by atoms with van der Waals surface area (Å²) in [4.78, 5) is 14.3. The molecule has 4 rings (SSSR count). The standard InChI is InChI=1S/C23H23ClN2O4/c1-26(14-16-2-8-21-22(12-16)29-11-10-28-21)15-23(27)25-13-19-7-9-20(30-19)17-3-5-18(24)6-4-17/h2-9,12H,10-11,13-15H2,1H3,(H,25,27). The number of furan rings is 1. The Bertz CT molecular complexity index is 1020. The first-order valence-electron chi connectivity index (χ1n) is 9.75. The number of nitrogens with zero attached hydrogens (tertiary/aromatic N) is 1. The average Bonchev–Trinajstić information content (AvgIpc) is 3.22. The number of amides is 1. The summed E-state index contributed by atoms with van der Waals surface area (Å²) in [6, 6.07) is 17.0. The van der Waals surface area contributed by atoms with E-state index in [0.29, 0.717) is 37.1 Å². The van der Waals surface area contributed by atoms with Gasteiger partial charge in [-0.25, -0.2) is 0 Å². The van der Waals surface area contributed by atoms with Crippen LogP contribution in [0.15, 0.2) is 59.0 Å². The molecule has 1 amide bonds. The Kier molecular flexibility index (Phi) is 6.26. The lowest BCUT2D eigenvalue weighted by Gasteiger charge is -2.20. The minimum atomic E-state index is -0.0699. The molecule has 0 spiro atoms. The maximum atomic E-state index is 12.3. The first-order valence-corrected chi connectivity index (χ1v) is 10.1. The van der Waals surface area contributed by atoms with Crippen molar-refractivity contribution in [1.82, 2.24) is 10.2 Å². The maximum Gasteiger partial charge on any atom is 0.234 e. The Labute approximate surface area is 180 Å². The summed E-state index contributed by atoms with van der Waals surface area (Å²) < 4.78 is 17.0. The van der Waals surface area contributed by atoms with Gasteiger partial charge in [-0.1, -0.05) is 17.7 Å². The van der Waals surface area contributed by atoms with Crippen LogP contribution in [0, 0.1) is 0 Å². The Hall–Kier alpha value is -2.96. The Morgan fingerprint density at radius 1 is 1.03 bits per heavy atom. The molecule has 1 aliphatic heterocycles. The van der Waals surface area contributed by atoms with Crippen LogP contribution in [0.1, 0.15) is 11.3 Å².